The number of carbonyl (C=O) groups is 1. The molecule has 0 bridgehead atoms. The molecule has 1 heterocycles. The molecule has 2 N–H and O–H groups in total. The quantitative estimate of drug-likeness (QED) is 0.760. The fourth-order valence-electron chi connectivity index (χ4n) is 2.60. The van der Waals surface area contributed by atoms with Crippen LogP contribution < -0.4 is 5.73 Å². The largest absolute Gasteiger partial charge is 0.468 e. The maximum absolute atomic E-state index is 11.6. The van der Waals surface area contributed by atoms with Crippen molar-refractivity contribution in [2.45, 2.75) is 57.5 Å². The van der Waals surface area contributed by atoms with Crippen molar-refractivity contribution < 1.29 is 9.53 Å². The fourth-order valence-corrected chi connectivity index (χ4v) is 2.60. The van der Waals surface area contributed by atoms with Crippen LogP contribution in [0.25, 0.3) is 0 Å². The first-order valence-corrected chi connectivity index (χ1v) is 6.58. The van der Waals surface area contributed by atoms with Gasteiger partial charge in [-0.05, 0) is 46.2 Å². The second-order valence-electron chi connectivity index (χ2n) is 5.41. The monoisotopic (exact) mass is 242 g/mol. The third-order valence-electron chi connectivity index (χ3n) is 3.64. The highest BCUT2D eigenvalue weighted by molar-refractivity contribution is 5.79. The summed E-state index contributed by atoms with van der Waals surface area (Å²) in [6, 6.07) is 0.335. The van der Waals surface area contributed by atoms with Gasteiger partial charge in [0.15, 0.2) is 0 Å². The number of rotatable bonds is 4. The third kappa shape index (κ3) is 4.28. The number of carbonyl (C=O) groups excluding carboxylic acids is 1. The minimum absolute atomic E-state index is 0.320. The number of methoxy groups -OCH3 is 1. The van der Waals surface area contributed by atoms with E-state index in [1.807, 2.05) is 0 Å². The Balaban J connectivity index is 2.51. The maximum Gasteiger partial charge on any atom is 0.325 e. The Kier molecular flexibility index (Phi) is 5.40. The standard InChI is InChI=1S/C13H26N2O2/c1-11(10-13(2,14)12(16)17-3)15-8-6-4-5-7-9-15/h11H,4-10,14H2,1-3H3. The molecule has 2 unspecified atom stereocenters. The van der Waals surface area contributed by atoms with Crippen LogP contribution in [0.5, 0.6) is 0 Å². The van der Waals surface area contributed by atoms with Crippen LogP contribution in [-0.4, -0.2) is 42.6 Å². The maximum atomic E-state index is 11.6. The summed E-state index contributed by atoms with van der Waals surface area (Å²) in [5.41, 5.74) is 5.14. The van der Waals surface area contributed by atoms with Gasteiger partial charge in [-0.3, -0.25) is 4.79 Å². The molecule has 1 aliphatic heterocycles. The van der Waals surface area contributed by atoms with Crippen LogP contribution in [0.4, 0.5) is 0 Å². The van der Waals surface area contributed by atoms with Crippen LogP contribution in [0, 0.1) is 0 Å². The highest BCUT2D eigenvalue weighted by Gasteiger charge is 2.33. The van der Waals surface area contributed by atoms with E-state index in [1.54, 1.807) is 6.92 Å². The van der Waals surface area contributed by atoms with Crippen molar-refractivity contribution in [3.05, 3.63) is 0 Å². The van der Waals surface area contributed by atoms with Gasteiger partial charge in [0.2, 0.25) is 0 Å². The van der Waals surface area contributed by atoms with E-state index in [9.17, 15) is 4.79 Å². The molecular weight excluding hydrogens is 216 g/mol. The van der Waals surface area contributed by atoms with Gasteiger partial charge >= 0.3 is 5.97 Å². The van der Waals surface area contributed by atoms with E-state index in [0.29, 0.717) is 12.5 Å². The summed E-state index contributed by atoms with van der Waals surface area (Å²) in [6.45, 7) is 6.16. The molecule has 17 heavy (non-hydrogen) atoms. The average molecular weight is 242 g/mol. The van der Waals surface area contributed by atoms with Gasteiger partial charge in [0.05, 0.1) is 7.11 Å². The van der Waals surface area contributed by atoms with Crippen molar-refractivity contribution in [3.63, 3.8) is 0 Å². The first kappa shape index (κ1) is 14.5. The van der Waals surface area contributed by atoms with E-state index in [1.165, 1.54) is 32.8 Å². The van der Waals surface area contributed by atoms with Crippen molar-refractivity contribution in [1.82, 2.24) is 4.90 Å². The highest BCUT2D eigenvalue weighted by atomic mass is 16.5. The molecule has 0 spiro atoms. The number of nitrogens with two attached hydrogens (primary N) is 1. The van der Waals surface area contributed by atoms with Gasteiger partial charge in [-0.2, -0.15) is 0 Å². The average Bonchev–Trinajstić information content (AvgIpc) is 2.55. The number of hydrogen-bond donors (Lipinski definition) is 1. The molecule has 4 heteroatoms. The van der Waals surface area contributed by atoms with Crippen molar-refractivity contribution in [3.8, 4) is 0 Å². The molecule has 1 aliphatic rings. The van der Waals surface area contributed by atoms with E-state index in [-0.39, 0.29) is 5.97 Å². The van der Waals surface area contributed by atoms with Crippen LogP contribution in [0.1, 0.15) is 46.0 Å². The molecule has 0 aromatic heterocycles. The lowest BCUT2D eigenvalue weighted by molar-refractivity contribution is -0.147. The smallest absolute Gasteiger partial charge is 0.325 e. The molecule has 0 radical (unpaired) electrons. The zero-order valence-corrected chi connectivity index (χ0v) is 11.4. The molecule has 0 saturated carbocycles. The minimum atomic E-state index is -0.875. The molecule has 4 nitrogen and oxygen atoms in total. The minimum Gasteiger partial charge on any atom is -0.468 e. The van der Waals surface area contributed by atoms with Gasteiger partial charge in [0, 0.05) is 6.04 Å². The summed E-state index contributed by atoms with van der Waals surface area (Å²) in [7, 11) is 1.39. The molecular formula is C13H26N2O2. The van der Waals surface area contributed by atoms with Crippen LogP contribution in [0.3, 0.4) is 0 Å². The Morgan fingerprint density at radius 3 is 2.35 bits per heavy atom. The summed E-state index contributed by atoms with van der Waals surface area (Å²) >= 11 is 0. The summed E-state index contributed by atoms with van der Waals surface area (Å²) < 4.78 is 4.75. The Bertz CT molecular complexity index is 246. The second kappa shape index (κ2) is 6.36. The molecule has 100 valence electrons. The Morgan fingerprint density at radius 1 is 1.35 bits per heavy atom. The van der Waals surface area contributed by atoms with Gasteiger partial charge in [0.25, 0.3) is 0 Å². The fraction of sp³-hybridized carbons (Fsp3) is 0.923. The first-order chi connectivity index (χ1) is 7.97. The van der Waals surface area contributed by atoms with Gasteiger partial charge in [-0.15, -0.1) is 0 Å². The number of likely N-dealkylation sites (tertiary alicyclic amines) is 1. The summed E-state index contributed by atoms with van der Waals surface area (Å²) in [5, 5.41) is 0. The van der Waals surface area contributed by atoms with Gasteiger partial charge in [-0.25, -0.2) is 0 Å². The van der Waals surface area contributed by atoms with Crippen molar-refractivity contribution in [1.29, 1.82) is 0 Å². The van der Waals surface area contributed by atoms with E-state index >= 15 is 0 Å². The van der Waals surface area contributed by atoms with Gasteiger partial charge < -0.3 is 15.4 Å². The molecule has 0 aromatic carbocycles. The zero-order valence-electron chi connectivity index (χ0n) is 11.4. The molecule has 1 fully saturated rings. The SMILES string of the molecule is COC(=O)C(C)(N)CC(C)N1CCCCCC1. The lowest BCUT2D eigenvalue weighted by Crippen LogP contribution is -2.51. The summed E-state index contributed by atoms with van der Waals surface area (Å²) in [6.07, 6.45) is 5.80. The molecule has 2 atom stereocenters. The molecule has 0 aromatic rings. The van der Waals surface area contributed by atoms with E-state index < -0.39 is 5.54 Å². The van der Waals surface area contributed by atoms with Crippen LogP contribution in [0.15, 0.2) is 0 Å². The number of nitrogens with zero attached hydrogens (tertiary/aromatic N) is 1. The zero-order chi connectivity index (χ0) is 12.9. The predicted molar refractivity (Wildman–Crippen MR) is 68.7 cm³/mol. The lowest BCUT2D eigenvalue weighted by Gasteiger charge is -2.32. The molecule has 0 aliphatic carbocycles. The number of ether oxygens (including phenoxy) is 1. The number of hydrogen-bond acceptors (Lipinski definition) is 4. The topological polar surface area (TPSA) is 55.6 Å². The lowest BCUT2D eigenvalue weighted by atomic mass is 9.94. The van der Waals surface area contributed by atoms with Gasteiger partial charge in [-0.1, -0.05) is 12.8 Å². The van der Waals surface area contributed by atoms with Crippen LogP contribution >= 0.6 is 0 Å². The van der Waals surface area contributed by atoms with Crippen LogP contribution in [-0.2, 0) is 9.53 Å². The normalized spacial score (nSPS) is 23.5. The predicted octanol–water partition coefficient (Wildman–Crippen LogP) is 1.53. The second-order valence-corrected chi connectivity index (χ2v) is 5.41. The first-order valence-electron chi connectivity index (χ1n) is 6.58. The summed E-state index contributed by atoms with van der Waals surface area (Å²) in [5.74, 6) is -0.320. The van der Waals surface area contributed by atoms with E-state index in [4.69, 9.17) is 10.5 Å². The molecule has 0 amide bonds. The van der Waals surface area contributed by atoms with E-state index in [0.717, 1.165) is 13.1 Å². The third-order valence-corrected chi connectivity index (χ3v) is 3.64. The molecule has 1 saturated heterocycles. The molecule has 1 rings (SSSR count). The Hall–Kier alpha value is -0.610. The summed E-state index contributed by atoms with van der Waals surface area (Å²) in [4.78, 5) is 14.0. The Labute approximate surface area is 104 Å². The van der Waals surface area contributed by atoms with Crippen molar-refractivity contribution in [2.75, 3.05) is 20.2 Å². The highest BCUT2D eigenvalue weighted by Crippen LogP contribution is 2.19. The Morgan fingerprint density at radius 2 is 1.88 bits per heavy atom. The van der Waals surface area contributed by atoms with E-state index in [2.05, 4.69) is 11.8 Å². The number of esters is 1. The van der Waals surface area contributed by atoms with Gasteiger partial charge in [0.1, 0.15) is 5.54 Å². The van der Waals surface area contributed by atoms with Crippen molar-refractivity contribution in [2.24, 2.45) is 5.73 Å². The van der Waals surface area contributed by atoms with Crippen molar-refractivity contribution >= 4 is 5.97 Å². The van der Waals surface area contributed by atoms with Crippen LogP contribution in [0.2, 0.25) is 0 Å².